The highest BCUT2D eigenvalue weighted by Crippen LogP contribution is 2.37. The average molecular weight is 373 g/mol. The Bertz CT molecular complexity index is 1160. The van der Waals surface area contributed by atoms with Gasteiger partial charge in [0.15, 0.2) is 0 Å². The lowest BCUT2D eigenvalue weighted by Gasteiger charge is -2.14. The van der Waals surface area contributed by atoms with Crippen molar-refractivity contribution in [1.82, 2.24) is 14.7 Å². The maximum atomic E-state index is 12.8. The first kappa shape index (κ1) is 17.8. The van der Waals surface area contributed by atoms with Gasteiger partial charge in [0, 0.05) is 23.2 Å². The summed E-state index contributed by atoms with van der Waals surface area (Å²) in [5.41, 5.74) is 11.0. The number of anilines is 1. The van der Waals surface area contributed by atoms with Crippen molar-refractivity contribution in [2.45, 2.75) is 13.1 Å². The normalized spacial score (nSPS) is 13.0. The monoisotopic (exact) mass is 373 g/mol. The Morgan fingerprint density at radius 1 is 1.36 bits per heavy atom. The Morgan fingerprint density at radius 3 is 2.93 bits per heavy atom. The molecule has 0 saturated carbocycles. The lowest BCUT2D eigenvalue weighted by molar-refractivity contribution is 0.0794. The summed E-state index contributed by atoms with van der Waals surface area (Å²) in [6.07, 6.45) is 1.76. The fraction of sp³-hybridized carbons (Fsp3) is 0.190. The number of aromatic nitrogens is 2. The van der Waals surface area contributed by atoms with Gasteiger partial charge in [-0.05, 0) is 28.8 Å². The molecule has 1 amide bonds. The van der Waals surface area contributed by atoms with E-state index in [4.69, 9.17) is 11.0 Å². The van der Waals surface area contributed by atoms with Crippen LogP contribution in [-0.4, -0.2) is 38.8 Å². The third-order valence-corrected chi connectivity index (χ3v) is 5.00. The van der Waals surface area contributed by atoms with E-state index in [9.17, 15) is 9.90 Å². The average Bonchev–Trinajstić information content (AvgIpc) is 3.24. The van der Waals surface area contributed by atoms with Crippen molar-refractivity contribution in [3.63, 3.8) is 0 Å². The predicted molar refractivity (Wildman–Crippen MR) is 106 cm³/mol. The molecule has 0 saturated heterocycles. The topological polar surface area (TPSA) is 108 Å². The summed E-state index contributed by atoms with van der Waals surface area (Å²) in [7, 11) is 0. The number of hydrogen-bond donors (Lipinski definition) is 2. The number of nitrogens with two attached hydrogens (primary N) is 1. The predicted octanol–water partition coefficient (Wildman–Crippen LogP) is 2.31. The third-order valence-electron chi connectivity index (χ3n) is 5.00. The highest BCUT2D eigenvalue weighted by atomic mass is 16.3. The number of nitrogens with zero attached hydrogens (tertiary/aromatic N) is 4. The Labute approximate surface area is 161 Å². The standard InChI is InChI=1S/C21H19N5O2/c1-13(9-22)11-25-12-17-16(4-5-18(23)20(17)21(25)28)14-2-3-15-10-24-26(6-7-27)19(15)8-14/h2-5,8,10,27H,1,6-7,11-12,23H2. The smallest absolute Gasteiger partial charge is 0.256 e. The van der Waals surface area contributed by atoms with Crippen molar-refractivity contribution >= 4 is 22.5 Å². The summed E-state index contributed by atoms with van der Waals surface area (Å²) in [6, 6.07) is 11.6. The van der Waals surface area contributed by atoms with Crippen LogP contribution in [-0.2, 0) is 13.1 Å². The zero-order valence-corrected chi connectivity index (χ0v) is 15.2. The first-order valence-corrected chi connectivity index (χ1v) is 8.88. The van der Waals surface area contributed by atoms with Crippen molar-refractivity contribution in [2.75, 3.05) is 18.9 Å². The van der Waals surface area contributed by atoms with E-state index in [2.05, 4.69) is 11.7 Å². The number of hydrogen-bond acceptors (Lipinski definition) is 5. The van der Waals surface area contributed by atoms with Crippen LogP contribution in [0.25, 0.3) is 22.0 Å². The van der Waals surface area contributed by atoms with Gasteiger partial charge >= 0.3 is 0 Å². The van der Waals surface area contributed by atoms with Gasteiger partial charge in [-0.2, -0.15) is 10.4 Å². The van der Waals surface area contributed by atoms with Crippen LogP contribution in [0.4, 0.5) is 5.69 Å². The van der Waals surface area contributed by atoms with Crippen LogP contribution in [0.5, 0.6) is 0 Å². The summed E-state index contributed by atoms with van der Waals surface area (Å²) in [5.74, 6) is -0.183. The summed E-state index contributed by atoms with van der Waals surface area (Å²) in [4.78, 5) is 14.4. The van der Waals surface area contributed by atoms with Gasteiger partial charge in [-0.3, -0.25) is 9.48 Å². The van der Waals surface area contributed by atoms with Gasteiger partial charge in [0.25, 0.3) is 5.91 Å². The van der Waals surface area contributed by atoms with E-state index in [0.29, 0.717) is 29.9 Å². The van der Waals surface area contributed by atoms with Crippen LogP contribution in [0.2, 0.25) is 0 Å². The van der Waals surface area contributed by atoms with E-state index in [0.717, 1.165) is 27.6 Å². The molecule has 3 aromatic rings. The molecule has 0 atom stereocenters. The van der Waals surface area contributed by atoms with Crippen molar-refractivity contribution in [1.29, 1.82) is 5.26 Å². The number of aliphatic hydroxyl groups excluding tert-OH is 1. The number of nitrogen functional groups attached to an aromatic ring is 1. The van der Waals surface area contributed by atoms with Gasteiger partial charge in [0.05, 0.1) is 43.0 Å². The molecule has 140 valence electrons. The molecule has 7 nitrogen and oxygen atoms in total. The van der Waals surface area contributed by atoms with E-state index in [1.807, 2.05) is 30.3 Å². The third kappa shape index (κ3) is 2.80. The second kappa shape index (κ2) is 6.83. The number of rotatable bonds is 5. The largest absolute Gasteiger partial charge is 0.398 e. The van der Waals surface area contributed by atoms with Gasteiger partial charge in [-0.15, -0.1) is 0 Å². The van der Waals surface area contributed by atoms with Crippen molar-refractivity contribution in [2.24, 2.45) is 0 Å². The second-order valence-corrected chi connectivity index (χ2v) is 6.80. The first-order valence-electron chi connectivity index (χ1n) is 8.88. The molecule has 0 spiro atoms. The number of carbonyl (C=O) groups is 1. The molecule has 1 aliphatic heterocycles. The van der Waals surface area contributed by atoms with Crippen LogP contribution in [0.1, 0.15) is 15.9 Å². The molecule has 3 N–H and O–H groups in total. The maximum absolute atomic E-state index is 12.8. The molecule has 2 heterocycles. The molecule has 2 aromatic carbocycles. The maximum Gasteiger partial charge on any atom is 0.256 e. The van der Waals surface area contributed by atoms with E-state index in [1.54, 1.807) is 21.8 Å². The summed E-state index contributed by atoms with van der Waals surface area (Å²) >= 11 is 0. The van der Waals surface area contributed by atoms with E-state index in [-0.39, 0.29) is 19.1 Å². The van der Waals surface area contributed by atoms with Crippen LogP contribution >= 0.6 is 0 Å². The van der Waals surface area contributed by atoms with Gasteiger partial charge in [-0.1, -0.05) is 24.8 Å². The Hall–Kier alpha value is -3.63. The molecule has 7 heteroatoms. The van der Waals surface area contributed by atoms with Gasteiger partial charge < -0.3 is 15.7 Å². The van der Waals surface area contributed by atoms with E-state index < -0.39 is 0 Å². The molecule has 0 fully saturated rings. The fourth-order valence-corrected chi connectivity index (χ4v) is 3.68. The van der Waals surface area contributed by atoms with Crippen LogP contribution < -0.4 is 5.73 Å². The van der Waals surface area contributed by atoms with Gasteiger partial charge in [0.2, 0.25) is 0 Å². The minimum Gasteiger partial charge on any atom is -0.398 e. The lowest BCUT2D eigenvalue weighted by atomic mass is 9.95. The highest BCUT2D eigenvalue weighted by Gasteiger charge is 2.32. The molecule has 1 aromatic heterocycles. The number of carbonyl (C=O) groups excluding carboxylic acids is 1. The number of amides is 1. The molecule has 1 aliphatic rings. The lowest BCUT2D eigenvalue weighted by Crippen LogP contribution is -2.26. The SMILES string of the molecule is C=C(C#N)CN1Cc2c(-c3ccc4cnn(CCO)c4c3)ccc(N)c2C1=O. The summed E-state index contributed by atoms with van der Waals surface area (Å²) < 4.78 is 1.75. The van der Waals surface area contributed by atoms with Crippen LogP contribution in [0, 0.1) is 11.3 Å². The van der Waals surface area contributed by atoms with Crippen LogP contribution in [0.3, 0.4) is 0 Å². The number of nitriles is 1. The molecule has 0 unspecified atom stereocenters. The summed E-state index contributed by atoms with van der Waals surface area (Å²) in [6.45, 7) is 4.66. The van der Waals surface area contributed by atoms with E-state index >= 15 is 0 Å². The number of fused-ring (bicyclic) bond motifs is 2. The van der Waals surface area contributed by atoms with Gasteiger partial charge in [0.1, 0.15) is 0 Å². The number of benzene rings is 2. The minimum atomic E-state index is -0.183. The van der Waals surface area contributed by atoms with Crippen LogP contribution in [0.15, 0.2) is 48.7 Å². The minimum absolute atomic E-state index is 0.00448. The van der Waals surface area contributed by atoms with Crippen molar-refractivity contribution < 1.29 is 9.90 Å². The molecule has 4 rings (SSSR count). The molecule has 0 bridgehead atoms. The molecular weight excluding hydrogens is 354 g/mol. The molecular formula is C21H19N5O2. The van der Waals surface area contributed by atoms with E-state index in [1.165, 1.54) is 0 Å². The Kier molecular flexibility index (Phi) is 4.34. The van der Waals surface area contributed by atoms with Crippen molar-refractivity contribution in [3.05, 3.63) is 59.8 Å². The quantitative estimate of drug-likeness (QED) is 0.527. The molecule has 28 heavy (non-hydrogen) atoms. The number of aliphatic hydroxyl groups is 1. The van der Waals surface area contributed by atoms with Gasteiger partial charge in [-0.25, -0.2) is 0 Å². The highest BCUT2D eigenvalue weighted by molar-refractivity contribution is 6.05. The fourth-order valence-electron chi connectivity index (χ4n) is 3.68. The zero-order valence-electron chi connectivity index (χ0n) is 15.2. The Morgan fingerprint density at radius 2 is 2.18 bits per heavy atom. The zero-order chi connectivity index (χ0) is 19.8. The summed E-state index contributed by atoms with van der Waals surface area (Å²) in [5, 5.41) is 23.5. The molecule has 0 radical (unpaired) electrons. The first-order chi connectivity index (χ1) is 13.5. The molecule has 0 aliphatic carbocycles. The Balaban J connectivity index is 1.80. The second-order valence-electron chi connectivity index (χ2n) is 6.80. The van der Waals surface area contributed by atoms with Crippen molar-refractivity contribution in [3.8, 4) is 17.2 Å².